The zero-order chi connectivity index (χ0) is 18.3. The van der Waals surface area contributed by atoms with Gasteiger partial charge in [-0.2, -0.15) is 0 Å². The van der Waals surface area contributed by atoms with Crippen molar-refractivity contribution in [1.82, 2.24) is 9.88 Å². The van der Waals surface area contributed by atoms with Crippen molar-refractivity contribution in [2.75, 3.05) is 0 Å². The lowest BCUT2D eigenvalue weighted by Crippen LogP contribution is -2.60. The van der Waals surface area contributed by atoms with Crippen molar-refractivity contribution in [1.29, 1.82) is 0 Å². The average Bonchev–Trinajstić information content (AvgIpc) is 3.03. The van der Waals surface area contributed by atoms with Crippen molar-refractivity contribution >= 4 is 16.8 Å². The number of carbonyl (C=O) groups excluding carboxylic acids is 1. The lowest BCUT2D eigenvalue weighted by Gasteiger charge is -2.56. The largest absolute Gasteiger partial charge is 0.506 e. The quantitative estimate of drug-likeness (QED) is 0.861. The summed E-state index contributed by atoms with van der Waals surface area (Å²) in [6, 6.07) is 5.68. The third-order valence-corrected chi connectivity index (χ3v) is 7.59. The molecule has 27 heavy (non-hydrogen) atoms. The average molecular weight is 364 g/mol. The zero-order valence-electron chi connectivity index (χ0n) is 15.3. The molecular weight excluding hydrogens is 340 g/mol. The minimum atomic E-state index is -0.387. The maximum absolute atomic E-state index is 13.2. The number of amides is 1. The lowest BCUT2D eigenvalue weighted by atomic mass is 9.53. The number of rotatable bonds is 2. The van der Waals surface area contributed by atoms with E-state index in [4.69, 9.17) is 0 Å². The van der Waals surface area contributed by atoms with Gasteiger partial charge in [-0.05, 0) is 74.3 Å². The molecule has 5 nitrogen and oxygen atoms in total. The van der Waals surface area contributed by atoms with Crippen LogP contribution in [-0.4, -0.2) is 21.1 Å². The van der Waals surface area contributed by atoms with E-state index < -0.39 is 0 Å². The summed E-state index contributed by atoms with van der Waals surface area (Å²) in [5, 5.41) is 14.7. The molecule has 2 aromatic rings. The van der Waals surface area contributed by atoms with Crippen molar-refractivity contribution in [3.05, 3.63) is 39.7 Å². The second-order valence-electron chi connectivity index (χ2n) is 9.40. The van der Waals surface area contributed by atoms with Crippen LogP contribution in [0.1, 0.15) is 54.4 Å². The van der Waals surface area contributed by atoms with E-state index in [0.29, 0.717) is 29.7 Å². The van der Waals surface area contributed by atoms with Crippen LogP contribution in [-0.2, 0) is 13.0 Å². The molecule has 5 aliphatic rings. The summed E-state index contributed by atoms with van der Waals surface area (Å²) >= 11 is 0. The number of aryl methyl sites for hydroxylation is 2. The number of benzene rings is 1. The van der Waals surface area contributed by atoms with Gasteiger partial charge in [-0.15, -0.1) is 0 Å². The number of para-hydroxylation sites is 1. The van der Waals surface area contributed by atoms with Gasteiger partial charge in [0.2, 0.25) is 0 Å². The van der Waals surface area contributed by atoms with Crippen LogP contribution < -0.4 is 10.9 Å². The van der Waals surface area contributed by atoms with Crippen LogP contribution >= 0.6 is 0 Å². The fourth-order valence-corrected chi connectivity index (χ4v) is 6.99. The SMILES string of the molecule is O=C(NC12CC3CC(CC(C3)C1)C2)c1c(O)c2cccc3c2n(c1=O)CC3. The molecule has 140 valence electrons. The summed E-state index contributed by atoms with van der Waals surface area (Å²) in [6.07, 6.45) is 7.74. The molecule has 1 aromatic heterocycles. The number of hydrogen-bond acceptors (Lipinski definition) is 3. The molecule has 0 unspecified atom stereocenters. The fraction of sp³-hybridized carbons (Fsp3) is 0.545. The standard InChI is InChI=1S/C22H24N2O3/c25-19-16-3-1-2-15-4-5-24(18(15)16)21(27)17(19)20(26)23-22-9-12-6-13(10-22)8-14(7-12)11-22/h1-3,12-14,25H,4-11H2,(H,23,26). The van der Waals surface area contributed by atoms with Crippen LogP contribution in [0.4, 0.5) is 0 Å². The summed E-state index contributed by atoms with van der Waals surface area (Å²) < 4.78 is 1.67. The number of carbonyl (C=O) groups is 1. The minimum absolute atomic E-state index is 0.0719. The molecule has 0 saturated heterocycles. The van der Waals surface area contributed by atoms with E-state index in [9.17, 15) is 14.7 Å². The Morgan fingerprint density at radius 3 is 2.44 bits per heavy atom. The summed E-state index contributed by atoms with van der Waals surface area (Å²) in [4.78, 5) is 26.3. The van der Waals surface area contributed by atoms with Crippen LogP contribution in [0.5, 0.6) is 5.75 Å². The summed E-state index contributed by atoms with van der Waals surface area (Å²) in [6.45, 7) is 0.576. The molecule has 1 amide bonds. The molecule has 5 heteroatoms. The third-order valence-electron chi connectivity index (χ3n) is 7.59. The van der Waals surface area contributed by atoms with Crippen LogP contribution in [0.25, 0.3) is 10.9 Å². The normalized spacial score (nSPS) is 33.0. The van der Waals surface area contributed by atoms with Crippen LogP contribution in [0.15, 0.2) is 23.0 Å². The first kappa shape index (κ1) is 15.7. The van der Waals surface area contributed by atoms with Gasteiger partial charge >= 0.3 is 0 Å². The van der Waals surface area contributed by atoms with Crippen LogP contribution in [0.2, 0.25) is 0 Å². The van der Waals surface area contributed by atoms with E-state index in [2.05, 4.69) is 5.32 Å². The third kappa shape index (κ3) is 2.11. The predicted octanol–water partition coefficient (Wildman–Crippen LogP) is 2.96. The Hall–Kier alpha value is -2.30. The van der Waals surface area contributed by atoms with Crippen LogP contribution in [0, 0.1) is 17.8 Å². The van der Waals surface area contributed by atoms with Gasteiger partial charge in [-0.3, -0.25) is 9.59 Å². The maximum Gasteiger partial charge on any atom is 0.267 e. The van der Waals surface area contributed by atoms with E-state index >= 15 is 0 Å². The lowest BCUT2D eigenvalue weighted by molar-refractivity contribution is -0.0167. The highest BCUT2D eigenvalue weighted by Crippen LogP contribution is 2.55. The highest BCUT2D eigenvalue weighted by atomic mass is 16.3. The van der Waals surface area contributed by atoms with E-state index in [1.165, 1.54) is 19.3 Å². The first-order valence-corrected chi connectivity index (χ1v) is 10.2. The van der Waals surface area contributed by atoms with Crippen LogP contribution in [0.3, 0.4) is 0 Å². The highest BCUT2D eigenvalue weighted by Gasteiger charge is 2.51. The highest BCUT2D eigenvalue weighted by molar-refractivity contribution is 6.03. The first-order valence-electron chi connectivity index (χ1n) is 10.2. The number of hydrogen-bond donors (Lipinski definition) is 2. The molecule has 7 rings (SSSR count). The van der Waals surface area contributed by atoms with E-state index in [0.717, 1.165) is 36.8 Å². The Bertz CT molecular complexity index is 1020. The smallest absolute Gasteiger partial charge is 0.267 e. The molecule has 4 saturated carbocycles. The van der Waals surface area contributed by atoms with Crippen molar-refractivity contribution < 1.29 is 9.90 Å². The van der Waals surface area contributed by atoms with E-state index in [-0.39, 0.29) is 28.3 Å². The molecule has 2 N–H and O–H groups in total. The van der Waals surface area contributed by atoms with E-state index in [1.54, 1.807) is 10.6 Å². The molecule has 0 radical (unpaired) electrons. The Morgan fingerprint density at radius 1 is 1.11 bits per heavy atom. The van der Waals surface area contributed by atoms with Gasteiger partial charge in [-0.25, -0.2) is 0 Å². The second kappa shape index (κ2) is 5.15. The Morgan fingerprint density at radius 2 is 1.78 bits per heavy atom. The number of pyridine rings is 1. The molecule has 1 aliphatic heterocycles. The summed E-state index contributed by atoms with van der Waals surface area (Å²) in [5.74, 6) is 1.59. The number of nitrogens with zero attached hydrogens (tertiary/aromatic N) is 1. The molecule has 2 heterocycles. The molecule has 1 aromatic carbocycles. The second-order valence-corrected chi connectivity index (χ2v) is 9.40. The van der Waals surface area contributed by atoms with Crippen molar-refractivity contribution in [3.8, 4) is 5.75 Å². The van der Waals surface area contributed by atoms with Crippen molar-refractivity contribution in [2.45, 2.75) is 57.0 Å². The minimum Gasteiger partial charge on any atom is -0.506 e. The number of aromatic nitrogens is 1. The van der Waals surface area contributed by atoms with Gasteiger partial charge in [0.15, 0.2) is 0 Å². The van der Waals surface area contributed by atoms with Gasteiger partial charge in [0.1, 0.15) is 11.3 Å². The molecule has 4 aliphatic carbocycles. The van der Waals surface area contributed by atoms with Gasteiger partial charge in [0.05, 0.1) is 5.52 Å². The van der Waals surface area contributed by atoms with E-state index in [1.807, 2.05) is 12.1 Å². The van der Waals surface area contributed by atoms with Gasteiger partial charge in [0, 0.05) is 17.5 Å². The van der Waals surface area contributed by atoms with Crippen molar-refractivity contribution in [2.24, 2.45) is 17.8 Å². The molecule has 0 atom stereocenters. The molecule has 4 fully saturated rings. The van der Waals surface area contributed by atoms with Gasteiger partial charge in [0.25, 0.3) is 11.5 Å². The number of aromatic hydroxyl groups is 1. The first-order chi connectivity index (χ1) is 13.0. The Balaban J connectivity index is 1.43. The Labute approximate surface area is 157 Å². The summed E-state index contributed by atoms with van der Waals surface area (Å²) in [5.41, 5.74) is 1.25. The monoisotopic (exact) mass is 364 g/mol. The predicted molar refractivity (Wildman–Crippen MR) is 102 cm³/mol. The zero-order valence-corrected chi connectivity index (χ0v) is 15.3. The molecule has 4 bridgehead atoms. The summed E-state index contributed by atoms with van der Waals surface area (Å²) in [7, 11) is 0. The van der Waals surface area contributed by atoms with Gasteiger partial charge < -0.3 is 15.0 Å². The molecule has 0 spiro atoms. The Kier molecular flexibility index (Phi) is 3.00. The topological polar surface area (TPSA) is 71.3 Å². The fourth-order valence-electron chi connectivity index (χ4n) is 6.99. The number of nitrogens with one attached hydrogen (secondary N) is 1. The maximum atomic E-state index is 13.2. The molecular formula is C22H24N2O3. The van der Waals surface area contributed by atoms with Gasteiger partial charge in [-0.1, -0.05) is 12.1 Å². The van der Waals surface area contributed by atoms with Crippen molar-refractivity contribution in [3.63, 3.8) is 0 Å².